The van der Waals surface area contributed by atoms with Gasteiger partial charge in [-0.1, -0.05) is 85.5 Å². The van der Waals surface area contributed by atoms with Gasteiger partial charge in [-0.2, -0.15) is 0 Å². The summed E-state index contributed by atoms with van der Waals surface area (Å²) in [5, 5.41) is 21.7. The molecular formula is C27H48O3. The molecule has 0 spiro atoms. The fraction of sp³-hybridized carbons (Fsp3) is 0.778. The zero-order valence-corrected chi connectivity index (χ0v) is 20.3. The van der Waals surface area contributed by atoms with E-state index in [2.05, 4.69) is 27.7 Å². The third-order valence-electron chi connectivity index (χ3n) is 6.06. The van der Waals surface area contributed by atoms with Gasteiger partial charge in [-0.05, 0) is 50.5 Å². The highest BCUT2D eigenvalue weighted by Gasteiger charge is 2.23. The van der Waals surface area contributed by atoms with E-state index in [0.29, 0.717) is 12.4 Å². The summed E-state index contributed by atoms with van der Waals surface area (Å²) < 4.78 is 6.14. The molecule has 3 nitrogen and oxygen atoms in total. The average Bonchev–Trinajstić information content (AvgIpc) is 2.75. The summed E-state index contributed by atoms with van der Waals surface area (Å²) >= 11 is 0. The predicted molar refractivity (Wildman–Crippen MR) is 129 cm³/mol. The van der Waals surface area contributed by atoms with E-state index in [-0.39, 0.29) is 11.5 Å². The highest BCUT2D eigenvalue weighted by Crippen LogP contribution is 2.46. The van der Waals surface area contributed by atoms with Gasteiger partial charge in [0.2, 0.25) is 5.75 Å². The molecule has 0 radical (unpaired) electrons. The molecule has 0 amide bonds. The first kappa shape index (κ1) is 26.7. The lowest BCUT2D eigenvalue weighted by Gasteiger charge is -2.22. The lowest BCUT2D eigenvalue weighted by atomic mass is 9.89. The van der Waals surface area contributed by atoms with Crippen LogP contribution >= 0.6 is 0 Å². The number of unbranched alkanes of at least 4 members (excludes halogenated alkanes) is 9. The normalized spacial score (nSPS) is 11.2. The quantitative estimate of drug-likeness (QED) is 0.186. The number of phenols is 2. The van der Waals surface area contributed by atoms with E-state index >= 15 is 0 Å². The molecule has 2 N–H and O–H groups in total. The van der Waals surface area contributed by atoms with Crippen molar-refractivity contribution in [1.82, 2.24) is 0 Å². The molecule has 0 atom stereocenters. The minimum absolute atomic E-state index is 0.0320. The second kappa shape index (κ2) is 16.3. The first-order chi connectivity index (χ1) is 14.6. The van der Waals surface area contributed by atoms with Gasteiger partial charge in [-0.25, -0.2) is 0 Å². The Balaban J connectivity index is 2.99. The molecule has 1 rings (SSSR count). The van der Waals surface area contributed by atoms with Gasteiger partial charge >= 0.3 is 0 Å². The summed E-state index contributed by atoms with van der Waals surface area (Å²) in [5.41, 5.74) is 3.34. The van der Waals surface area contributed by atoms with E-state index in [1.807, 2.05) is 0 Å². The van der Waals surface area contributed by atoms with Crippen molar-refractivity contribution < 1.29 is 14.9 Å². The second-order valence-electron chi connectivity index (χ2n) is 8.74. The van der Waals surface area contributed by atoms with Crippen LogP contribution in [0, 0.1) is 0 Å². The number of phenolic OH excluding ortho intramolecular Hbond substituents is 2. The van der Waals surface area contributed by atoms with Gasteiger partial charge < -0.3 is 14.9 Å². The number of hydrogen-bond donors (Lipinski definition) is 2. The fourth-order valence-electron chi connectivity index (χ4n) is 4.14. The van der Waals surface area contributed by atoms with Crippen LogP contribution in [-0.4, -0.2) is 16.8 Å². The van der Waals surface area contributed by atoms with Crippen LogP contribution in [0.3, 0.4) is 0 Å². The van der Waals surface area contributed by atoms with Crippen molar-refractivity contribution in [1.29, 1.82) is 0 Å². The van der Waals surface area contributed by atoms with Crippen LogP contribution in [0.1, 0.15) is 128 Å². The summed E-state index contributed by atoms with van der Waals surface area (Å²) in [6, 6.07) is 0. The molecule has 1 aromatic carbocycles. The van der Waals surface area contributed by atoms with Crippen LogP contribution in [0.2, 0.25) is 0 Å². The van der Waals surface area contributed by atoms with Crippen LogP contribution in [-0.2, 0) is 19.3 Å². The number of aromatic hydroxyl groups is 2. The van der Waals surface area contributed by atoms with Crippen LogP contribution in [0.25, 0.3) is 0 Å². The Morgan fingerprint density at radius 3 is 1.53 bits per heavy atom. The Kier molecular flexibility index (Phi) is 14.5. The number of rotatable bonds is 18. The number of benzene rings is 1. The maximum Gasteiger partial charge on any atom is 0.201 e. The van der Waals surface area contributed by atoms with E-state index in [1.165, 1.54) is 37.7 Å². The highest BCUT2D eigenvalue weighted by molar-refractivity contribution is 5.62. The van der Waals surface area contributed by atoms with Gasteiger partial charge in [0.1, 0.15) is 0 Å². The largest absolute Gasteiger partial charge is 0.504 e. The molecule has 30 heavy (non-hydrogen) atoms. The van der Waals surface area contributed by atoms with Crippen LogP contribution in [0.15, 0.2) is 0 Å². The van der Waals surface area contributed by atoms with E-state index in [1.54, 1.807) is 0 Å². The average molecular weight is 421 g/mol. The molecule has 0 aromatic heterocycles. The molecule has 0 bridgehead atoms. The second-order valence-corrected chi connectivity index (χ2v) is 8.74. The molecule has 0 aliphatic carbocycles. The van der Waals surface area contributed by atoms with Crippen molar-refractivity contribution in [3.05, 3.63) is 16.7 Å². The molecule has 0 heterocycles. The maximum atomic E-state index is 10.8. The van der Waals surface area contributed by atoms with Crippen molar-refractivity contribution in [2.75, 3.05) is 6.61 Å². The van der Waals surface area contributed by atoms with Gasteiger partial charge in [0, 0.05) is 11.1 Å². The molecule has 0 aliphatic rings. The predicted octanol–water partition coefficient (Wildman–Crippen LogP) is 8.26. The maximum absolute atomic E-state index is 10.8. The molecule has 0 saturated heterocycles. The van der Waals surface area contributed by atoms with Crippen LogP contribution < -0.4 is 4.74 Å². The SMILES string of the molecule is CCCCCCCCCOc1c(O)c(O)c(CCCC)c(CCCC)c1CCCC. The molecular weight excluding hydrogens is 372 g/mol. The summed E-state index contributed by atoms with van der Waals surface area (Å²) in [6.07, 6.45) is 17.8. The molecule has 3 heteroatoms. The molecule has 0 saturated carbocycles. The van der Waals surface area contributed by atoms with Crippen LogP contribution in [0.4, 0.5) is 0 Å². The van der Waals surface area contributed by atoms with E-state index in [4.69, 9.17) is 4.74 Å². The molecule has 0 unspecified atom stereocenters. The molecule has 0 aliphatic heterocycles. The Labute approximate surface area is 186 Å². The van der Waals surface area contributed by atoms with Gasteiger partial charge in [0.25, 0.3) is 0 Å². The van der Waals surface area contributed by atoms with Gasteiger partial charge in [-0.3, -0.25) is 0 Å². The highest BCUT2D eigenvalue weighted by atomic mass is 16.5. The fourth-order valence-corrected chi connectivity index (χ4v) is 4.14. The zero-order valence-electron chi connectivity index (χ0n) is 20.3. The molecule has 174 valence electrons. The van der Waals surface area contributed by atoms with Gasteiger partial charge in [0.15, 0.2) is 11.5 Å². The van der Waals surface area contributed by atoms with E-state index in [9.17, 15) is 10.2 Å². The van der Waals surface area contributed by atoms with E-state index < -0.39 is 0 Å². The topological polar surface area (TPSA) is 49.7 Å². The number of ether oxygens (including phenoxy) is 1. The lowest BCUT2D eigenvalue weighted by molar-refractivity contribution is 0.278. The first-order valence-electron chi connectivity index (χ1n) is 12.8. The van der Waals surface area contributed by atoms with Gasteiger partial charge in [0.05, 0.1) is 6.61 Å². The first-order valence-corrected chi connectivity index (χ1v) is 12.8. The summed E-state index contributed by atoms with van der Waals surface area (Å²) in [4.78, 5) is 0. The van der Waals surface area contributed by atoms with Crippen molar-refractivity contribution in [2.24, 2.45) is 0 Å². The Bertz CT molecular complexity index is 580. The van der Waals surface area contributed by atoms with Crippen molar-refractivity contribution in [2.45, 2.75) is 130 Å². The zero-order chi connectivity index (χ0) is 22.2. The van der Waals surface area contributed by atoms with Crippen molar-refractivity contribution in [3.8, 4) is 17.2 Å². The Morgan fingerprint density at radius 1 is 0.500 bits per heavy atom. The van der Waals surface area contributed by atoms with Crippen LogP contribution in [0.5, 0.6) is 17.2 Å². The molecule has 1 aromatic rings. The third-order valence-corrected chi connectivity index (χ3v) is 6.06. The minimum atomic E-state index is -0.0320. The minimum Gasteiger partial charge on any atom is -0.504 e. The summed E-state index contributed by atoms with van der Waals surface area (Å²) in [7, 11) is 0. The number of hydrogen-bond acceptors (Lipinski definition) is 3. The monoisotopic (exact) mass is 420 g/mol. The lowest BCUT2D eigenvalue weighted by Crippen LogP contribution is -2.08. The Morgan fingerprint density at radius 2 is 0.967 bits per heavy atom. The standard InChI is InChI=1S/C27H48O3/c1-5-9-13-14-15-16-17-21-30-27-24(20-12-8-4)22(18-10-6-2)23(19-11-7-3)25(28)26(27)29/h28-29H,5-21H2,1-4H3. The third kappa shape index (κ3) is 8.78. The summed E-state index contributed by atoms with van der Waals surface area (Å²) in [6.45, 7) is 9.43. The van der Waals surface area contributed by atoms with Crippen molar-refractivity contribution >= 4 is 0 Å². The smallest absolute Gasteiger partial charge is 0.201 e. The van der Waals surface area contributed by atoms with Gasteiger partial charge in [-0.15, -0.1) is 0 Å². The van der Waals surface area contributed by atoms with Crippen molar-refractivity contribution in [3.63, 3.8) is 0 Å². The molecule has 0 fully saturated rings. The summed E-state index contributed by atoms with van der Waals surface area (Å²) in [5.74, 6) is 0.582. The van der Waals surface area contributed by atoms with E-state index in [0.717, 1.165) is 81.8 Å². The Hall–Kier alpha value is -1.38.